The van der Waals surface area contributed by atoms with Crippen LogP contribution in [0.5, 0.6) is 0 Å². The van der Waals surface area contributed by atoms with E-state index in [-0.39, 0.29) is 0 Å². The van der Waals surface area contributed by atoms with Crippen LogP contribution in [0.4, 0.5) is 0 Å². The molecular weight excluding hydrogens is 136 g/mol. The van der Waals surface area contributed by atoms with E-state index >= 15 is 0 Å². The largest absolute Gasteiger partial charge is 0.366 e. The average Bonchev–Trinajstić information content (AvgIpc) is 2.58. The number of hydrogen-bond acceptors (Lipinski definition) is 1. The van der Waals surface area contributed by atoms with Gasteiger partial charge in [0.25, 0.3) is 0 Å². The molecule has 0 N–H and O–H groups in total. The Kier molecular flexibility index (Phi) is 0.820. The van der Waals surface area contributed by atoms with Crippen molar-refractivity contribution in [3.63, 3.8) is 0 Å². The Balaban J connectivity index is 1.98. The second-order valence-electron chi connectivity index (χ2n) is 5.33. The maximum Gasteiger partial charge on any atom is 0.0953 e. The van der Waals surface area contributed by atoms with E-state index in [1.807, 2.05) is 0 Å². The SMILES string of the molecule is CC1(C)[C@@H]2C[C@H]3OC3(C)[C@H]1C2. The number of epoxide rings is 1. The van der Waals surface area contributed by atoms with E-state index in [2.05, 4.69) is 20.8 Å². The molecule has 4 aliphatic rings. The van der Waals surface area contributed by atoms with Crippen molar-refractivity contribution in [3.8, 4) is 0 Å². The molecule has 3 aliphatic carbocycles. The molecule has 0 aromatic heterocycles. The van der Waals surface area contributed by atoms with Crippen molar-refractivity contribution in [1.29, 1.82) is 0 Å². The molecule has 0 radical (unpaired) electrons. The van der Waals surface area contributed by atoms with Crippen LogP contribution in [0.3, 0.4) is 0 Å². The lowest BCUT2D eigenvalue weighted by atomic mass is 9.46. The maximum absolute atomic E-state index is 5.75. The Morgan fingerprint density at radius 2 is 1.91 bits per heavy atom. The van der Waals surface area contributed by atoms with Crippen LogP contribution in [0.1, 0.15) is 33.6 Å². The molecule has 3 saturated carbocycles. The standard InChI is InChI=1S/C10H16O/c1-9(2)6-4-7(9)10(3)8(5-6)11-10/h6-8H,4-5H2,1-3H3/t6-,7-,8+,10?/m0/s1. The summed E-state index contributed by atoms with van der Waals surface area (Å²) in [7, 11) is 0. The third kappa shape index (κ3) is 0.516. The zero-order valence-electron chi connectivity index (χ0n) is 7.55. The number of rotatable bonds is 0. The predicted molar refractivity (Wildman–Crippen MR) is 43.3 cm³/mol. The highest BCUT2D eigenvalue weighted by molar-refractivity contribution is 5.20. The molecule has 62 valence electrons. The molecule has 1 unspecified atom stereocenters. The van der Waals surface area contributed by atoms with E-state index in [9.17, 15) is 0 Å². The van der Waals surface area contributed by atoms with Crippen LogP contribution in [0, 0.1) is 17.3 Å². The molecule has 2 bridgehead atoms. The normalized spacial score (nSPS) is 63.0. The van der Waals surface area contributed by atoms with E-state index in [0.29, 0.717) is 17.1 Å². The van der Waals surface area contributed by atoms with Gasteiger partial charge in [-0.25, -0.2) is 0 Å². The van der Waals surface area contributed by atoms with Crippen LogP contribution in [0.25, 0.3) is 0 Å². The fourth-order valence-electron chi connectivity index (χ4n) is 3.51. The molecule has 4 fully saturated rings. The van der Waals surface area contributed by atoms with Gasteiger partial charge in [-0.15, -0.1) is 0 Å². The highest BCUT2D eigenvalue weighted by Gasteiger charge is 2.72. The molecular formula is C10H16O. The van der Waals surface area contributed by atoms with E-state index in [1.165, 1.54) is 12.8 Å². The minimum atomic E-state index is 0.304. The van der Waals surface area contributed by atoms with Crippen molar-refractivity contribution in [2.45, 2.75) is 45.3 Å². The lowest BCUT2D eigenvalue weighted by Crippen LogP contribution is -2.56. The highest BCUT2D eigenvalue weighted by Crippen LogP contribution is 2.70. The third-order valence-electron chi connectivity index (χ3n) is 4.64. The Hall–Kier alpha value is -0.0400. The average molecular weight is 152 g/mol. The molecule has 1 heteroatoms. The fraction of sp³-hybridized carbons (Fsp3) is 1.00. The summed E-state index contributed by atoms with van der Waals surface area (Å²) >= 11 is 0. The van der Waals surface area contributed by atoms with Gasteiger partial charge in [0.2, 0.25) is 0 Å². The zero-order chi connectivity index (χ0) is 7.85. The van der Waals surface area contributed by atoms with E-state index in [1.54, 1.807) is 0 Å². The summed E-state index contributed by atoms with van der Waals surface area (Å²) in [5, 5.41) is 0. The summed E-state index contributed by atoms with van der Waals surface area (Å²) in [5.41, 5.74) is 0.889. The Morgan fingerprint density at radius 1 is 1.18 bits per heavy atom. The quantitative estimate of drug-likeness (QED) is 0.485. The molecule has 0 aromatic rings. The van der Waals surface area contributed by atoms with Gasteiger partial charge in [0, 0.05) is 0 Å². The second kappa shape index (κ2) is 1.39. The minimum absolute atomic E-state index is 0.304. The van der Waals surface area contributed by atoms with Crippen LogP contribution in [-0.2, 0) is 4.74 Å². The van der Waals surface area contributed by atoms with Crippen molar-refractivity contribution < 1.29 is 4.74 Å². The Labute approximate surface area is 68.1 Å². The fourth-order valence-corrected chi connectivity index (χ4v) is 3.51. The summed E-state index contributed by atoms with van der Waals surface area (Å²) in [6, 6.07) is 0. The van der Waals surface area contributed by atoms with Gasteiger partial charge in [-0.2, -0.15) is 0 Å². The van der Waals surface area contributed by atoms with Gasteiger partial charge >= 0.3 is 0 Å². The van der Waals surface area contributed by atoms with Gasteiger partial charge in [-0.3, -0.25) is 0 Å². The van der Waals surface area contributed by atoms with Crippen LogP contribution in [0.15, 0.2) is 0 Å². The first-order valence-corrected chi connectivity index (χ1v) is 4.73. The second-order valence-corrected chi connectivity index (χ2v) is 5.33. The predicted octanol–water partition coefficient (Wildman–Crippen LogP) is 2.21. The topological polar surface area (TPSA) is 12.5 Å². The van der Waals surface area contributed by atoms with Gasteiger partial charge in [-0.1, -0.05) is 13.8 Å². The van der Waals surface area contributed by atoms with Crippen LogP contribution in [0.2, 0.25) is 0 Å². The zero-order valence-corrected chi connectivity index (χ0v) is 7.55. The number of hydrogen-bond donors (Lipinski definition) is 0. The molecule has 1 saturated heterocycles. The number of ether oxygens (including phenoxy) is 1. The van der Waals surface area contributed by atoms with Crippen molar-refractivity contribution >= 4 is 0 Å². The smallest absolute Gasteiger partial charge is 0.0953 e. The monoisotopic (exact) mass is 152 g/mol. The molecule has 1 nitrogen and oxygen atoms in total. The molecule has 0 spiro atoms. The third-order valence-corrected chi connectivity index (χ3v) is 4.64. The van der Waals surface area contributed by atoms with E-state index < -0.39 is 0 Å². The van der Waals surface area contributed by atoms with Crippen molar-refractivity contribution in [1.82, 2.24) is 0 Å². The van der Waals surface area contributed by atoms with Gasteiger partial charge in [-0.05, 0) is 37.0 Å². The molecule has 11 heavy (non-hydrogen) atoms. The first kappa shape index (κ1) is 6.47. The maximum atomic E-state index is 5.75. The Bertz CT molecular complexity index is 216. The lowest BCUT2D eigenvalue weighted by Gasteiger charge is -2.57. The van der Waals surface area contributed by atoms with Crippen LogP contribution < -0.4 is 0 Å². The Morgan fingerprint density at radius 3 is 2.36 bits per heavy atom. The van der Waals surface area contributed by atoms with Gasteiger partial charge < -0.3 is 4.74 Å². The molecule has 1 heterocycles. The van der Waals surface area contributed by atoms with Crippen LogP contribution >= 0.6 is 0 Å². The summed E-state index contributed by atoms with van der Waals surface area (Å²) in [6.07, 6.45) is 3.40. The summed E-state index contributed by atoms with van der Waals surface area (Å²) in [6.45, 7) is 7.13. The molecule has 0 amide bonds. The molecule has 0 aromatic carbocycles. The minimum Gasteiger partial charge on any atom is -0.366 e. The van der Waals surface area contributed by atoms with Crippen molar-refractivity contribution in [3.05, 3.63) is 0 Å². The summed E-state index contributed by atoms with van der Waals surface area (Å²) in [5.74, 6) is 1.83. The van der Waals surface area contributed by atoms with E-state index in [0.717, 1.165) is 11.8 Å². The van der Waals surface area contributed by atoms with Gasteiger partial charge in [0.15, 0.2) is 0 Å². The first-order valence-electron chi connectivity index (χ1n) is 4.73. The first-order chi connectivity index (χ1) is 5.05. The van der Waals surface area contributed by atoms with Gasteiger partial charge in [0.05, 0.1) is 11.7 Å². The lowest BCUT2D eigenvalue weighted by molar-refractivity contribution is -0.0789. The molecule has 4 atom stereocenters. The van der Waals surface area contributed by atoms with Gasteiger partial charge in [0.1, 0.15) is 0 Å². The summed E-state index contributed by atoms with van der Waals surface area (Å²) in [4.78, 5) is 0. The van der Waals surface area contributed by atoms with Crippen LogP contribution in [-0.4, -0.2) is 11.7 Å². The van der Waals surface area contributed by atoms with E-state index in [4.69, 9.17) is 4.74 Å². The van der Waals surface area contributed by atoms with Crippen molar-refractivity contribution in [2.75, 3.05) is 0 Å². The molecule has 1 aliphatic heterocycles. The highest BCUT2D eigenvalue weighted by atomic mass is 16.6. The van der Waals surface area contributed by atoms with Crippen molar-refractivity contribution in [2.24, 2.45) is 17.3 Å². The summed E-state index contributed by atoms with van der Waals surface area (Å²) < 4.78 is 5.75. The molecule has 4 rings (SSSR count).